The largest absolute Gasteiger partial charge is 0.488 e. The van der Waals surface area contributed by atoms with Crippen molar-refractivity contribution in [2.75, 3.05) is 0 Å². The highest BCUT2D eigenvalue weighted by molar-refractivity contribution is 6.30. The van der Waals surface area contributed by atoms with Crippen molar-refractivity contribution in [3.05, 3.63) is 46.0 Å². The van der Waals surface area contributed by atoms with E-state index in [9.17, 15) is 9.50 Å². The Bertz CT molecular complexity index is 626. The summed E-state index contributed by atoms with van der Waals surface area (Å²) in [4.78, 5) is 0. The van der Waals surface area contributed by atoms with Crippen LogP contribution in [0.25, 0.3) is 0 Å². The summed E-state index contributed by atoms with van der Waals surface area (Å²) in [6.07, 6.45) is -0.740. The van der Waals surface area contributed by atoms with Gasteiger partial charge in [-0.1, -0.05) is 11.6 Å². The van der Waals surface area contributed by atoms with Crippen LogP contribution in [-0.4, -0.2) is 14.9 Å². The SMILES string of the molecule is Cc1nn(C)c(Cl)c1COc1cc(F)ccc1C(C)O. The molecule has 1 N–H and O–H groups in total. The van der Waals surface area contributed by atoms with Crippen LogP contribution in [0.1, 0.15) is 29.8 Å². The zero-order chi connectivity index (χ0) is 14.9. The third-order valence-corrected chi connectivity index (χ3v) is 3.54. The van der Waals surface area contributed by atoms with Crippen LogP contribution in [0.15, 0.2) is 18.2 Å². The zero-order valence-corrected chi connectivity index (χ0v) is 12.3. The Morgan fingerprint density at radius 3 is 2.75 bits per heavy atom. The summed E-state index contributed by atoms with van der Waals surface area (Å²) >= 11 is 6.11. The highest BCUT2D eigenvalue weighted by Gasteiger charge is 2.15. The number of hydrogen-bond acceptors (Lipinski definition) is 3. The van der Waals surface area contributed by atoms with Gasteiger partial charge in [0.2, 0.25) is 0 Å². The molecule has 0 aliphatic heterocycles. The second-order valence-electron chi connectivity index (χ2n) is 4.63. The molecule has 108 valence electrons. The molecule has 0 radical (unpaired) electrons. The van der Waals surface area contributed by atoms with Crippen molar-refractivity contribution in [1.82, 2.24) is 9.78 Å². The van der Waals surface area contributed by atoms with Gasteiger partial charge >= 0.3 is 0 Å². The van der Waals surface area contributed by atoms with Crippen molar-refractivity contribution in [3.8, 4) is 5.75 Å². The lowest BCUT2D eigenvalue weighted by Gasteiger charge is -2.13. The molecule has 0 fully saturated rings. The zero-order valence-electron chi connectivity index (χ0n) is 11.5. The fourth-order valence-corrected chi connectivity index (χ4v) is 2.20. The van der Waals surface area contributed by atoms with Crippen molar-refractivity contribution in [2.45, 2.75) is 26.6 Å². The van der Waals surface area contributed by atoms with Gasteiger partial charge in [0, 0.05) is 24.2 Å². The van der Waals surface area contributed by atoms with Crippen LogP contribution in [0.2, 0.25) is 5.15 Å². The number of aryl methyl sites for hydroxylation is 2. The first-order valence-corrected chi connectivity index (χ1v) is 6.56. The molecule has 1 aromatic heterocycles. The lowest BCUT2D eigenvalue weighted by molar-refractivity contribution is 0.190. The summed E-state index contributed by atoms with van der Waals surface area (Å²) in [6, 6.07) is 4.05. The van der Waals surface area contributed by atoms with E-state index >= 15 is 0 Å². The molecule has 0 aliphatic rings. The first-order chi connectivity index (χ1) is 9.40. The predicted molar refractivity (Wildman–Crippen MR) is 74.3 cm³/mol. The minimum absolute atomic E-state index is 0.168. The average molecular weight is 299 g/mol. The highest BCUT2D eigenvalue weighted by atomic mass is 35.5. The maximum atomic E-state index is 13.3. The van der Waals surface area contributed by atoms with Gasteiger partial charge in [-0.25, -0.2) is 4.39 Å². The topological polar surface area (TPSA) is 47.3 Å². The molecule has 1 aromatic carbocycles. The van der Waals surface area contributed by atoms with Crippen molar-refractivity contribution in [2.24, 2.45) is 7.05 Å². The van der Waals surface area contributed by atoms with Crippen LogP contribution in [0.3, 0.4) is 0 Å². The van der Waals surface area contributed by atoms with Crippen LogP contribution in [0.5, 0.6) is 5.75 Å². The quantitative estimate of drug-likeness (QED) is 0.943. The number of halogens is 2. The lowest BCUT2D eigenvalue weighted by Crippen LogP contribution is -2.02. The maximum Gasteiger partial charge on any atom is 0.133 e. The van der Waals surface area contributed by atoms with Crippen LogP contribution in [-0.2, 0) is 13.7 Å². The molecular weight excluding hydrogens is 283 g/mol. The van der Waals surface area contributed by atoms with Crippen molar-refractivity contribution in [3.63, 3.8) is 0 Å². The molecule has 2 rings (SSSR count). The predicted octanol–water partition coefficient (Wildman–Crippen LogP) is 3.15. The highest BCUT2D eigenvalue weighted by Crippen LogP contribution is 2.28. The number of rotatable bonds is 4. The molecule has 0 spiro atoms. The van der Waals surface area contributed by atoms with E-state index in [1.165, 1.54) is 18.2 Å². The molecule has 0 bridgehead atoms. The Labute approximate surface area is 121 Å². The van der Waals surface area contributed by atoms with Crippen molar-refractivity contribution < 1.29 is 14.2 Å². The van der Waals surface area contributed by atoms with E-state index in [1.807, 2.05) is 6.92 Å². The number of ether oxygens (including phenoxy) is 1. The number of benzene rings is 1. The molecule has 1 unspecified atom stereocenters. The first kappa shape index (κ1) is 14.8. The van der Waals surface area contributed by atoms with E-state index in [0.717, 1.165) is 11.3 Å². The third kappa shape index (κ3) is 2.94. The molecule has 2 aromatic rings. The fraction of sp³-hybridized carbons (Fsp3) is 0.357. The average Bonchev–Trinajstić information content (AvgIpc) is 2.61. The molecule has 4 nitrogen and oxygen atoms in total. The smallest absolute Gasteiger partial charge is 0.133 e. The summed E-state index contributed by atoms with van der Waals surface area (Å²) in [5.74, 6) is -0.113. The fourth-order valence-electron chi connectivity index (χ4n) is 1.97. The Morgan fingerprint density at radius 2 is 2.20 bits per heavy atom. The molecule has 20 heavy (non-hydrogen) atoms. The van der Waals surface area contributed by atoms with Crippen LogP contribution >= 0.6 is 11.6 Å². The molecule has 0 amide bonds. The number of hydrogen-bond donors (Lipinski definition) is 1. The molecule has 0 saturated carbocycles. The van der Waals surface area contributed by atoms with E-state index in [0.29, 0.717) is 16.5 Å². The Morgan fingerprint density at radius 1 is 1.50 bits per heavy atom. The number of aromatic nitrogens is 2. The lowest BCUT2D eigenvalue weighted by atomic mass is 10.1. The number of aliphatic hydroxyl groups excluding tert-OH is 1. The van der Waals surface area contributed by atoms with Gasteiger partial charge in [0.25, 0.3) is 0 Å². The minimum Gasteiger partial charge on any atom is -0.488 e. The number of aliphatic hydroxyl groups is 1. The summed E-state index contributed by atoms with van der Waals surface area (Å²) in [6.45, 7) is 3.59. The third-order valence-electron chi connectivity index (χ3n) is 3.07. The minimum atomic E-state index is -0.740. The molecule has 6 heteroatoms. The second-order valence-corrected chi connectivity index (χ2v) is 4.98. The molecular formula is C14H16ClFN2O2. The van der Waals surface area contributed by atoms with Crippen LogP contribution < -0.4 is 4.74 Å². The summed E-state index contributed by atoms with van der Waals surface area (Å²) in [7, 11) is 1.74. The maximum absolute atomic E-state index is 13.3. The van der Waals surface area contributed by atoms with Gasteiger partial charge in [-0.3, -0.25) is 4.68 Å². The number of nitrogens with zero attached hydrogens (tertiary/aromatic N) is 2. The molecule has 0 aliphatic carbocycles. The van der Waals surface area contributed by atoms with Crippen molar-refractivity contribution >= 4 is 11.6 Å². The Balaban J connectivity index is 2.24. The standard InChI is InChI=1S/C14H16ClFN2O2/c1-8-12(14(15)18(3)17-8)7-20-13-6-10(16)4-5-11(13)9(2)19/h4-6,9,19H,7H2,1-3H3. The summed E-state index contributed by atoms with van der Waals surface area (Å²) < 4.78 is 20.4. The Kier molecular flexibility index (Phi) is 4.30. The van der Waals surface area contributed by atoms with Gasteiger partial charge in [-0.05, 0) is 26.0 Å². The Hall–Kier alpha value is -1.59. The monoisotopic (exact) mass is 298 g/mol. The molecule has 0 saturated heterocycles. The molecule has 1 atom stereocenters. The van der Waals surface area contributed by atoms with E-state index in [4.69, 9.17) is 16.3 Å². The molecule has 1 heterocycles. The van der Waals surface area contributed by atoms with Gasteiger partial charge in [0.15, 0.2) is 0 Å². The van der Waals surface area contributed by atoms with Gasteiger partial charge in [0.05, 0.1) is 11.8 Å². The van der Waals surface area contributed by atoms with E-state index in [1.54, 1.807) is 18.7 Å². The van der Waals surface area contributed by atoms with Gasteiger partial charge in [-0.15, -0.1) is 0 Å². The van der Waals surface area contributed by atoms with E-state index in [-0.39, 0.29) is 6.61 Å². The van der Waals surface area contributed by atoms with Gasteiger partial charge in [-0.2, -0.15) is 5.10 Å². The first-order valence-electron chi connectivity index (χ1n) is 6.18. The second kappa shape index (κ2) is 5.81. The van der Waals surface area contributed by atoms with Crippen molar-refractivity contribution in [1.29, 1.82) is 0 Å². The summed E-state index contributed by atoms with van der Waals surface area (Å²) in [5, 5.41) is 14.3. The normalized spacial score (nSPS) is 12.5. The van der Waals surface area contributed by atoms with Crippen LogP contribution in [0, 0.1) is 12.7 Å². The van der Waals surface area contributed by atoms with E-state index < -0.39 is 11.9 Å². The van der Waals surface area contributed by atoms with Crippen LogP contribution in [0.4, 0.5) is 4.39 Å². The van der Waals surface area contributed by atoms with Gasteiger partial charge in [0.1, 0.15) is 23.3 Å². The summed E-state index contributed by atoms with van der Waals surface area (Å²) in [5.41, 5.74) is 2.03. The van der Waals surface area contributed by atoms with E-state index in [2.05, 4.69) is 5.10 Å². The van der Waals surface area contributed by atoms with Gasteiger partial charge < -0.3 is 9.84 Å².